The van der Waals surface area contributed by atoms with E-state index >= 15 is 0 Å². The molecule has 1 aliphatic heterocycles. The number of pyridine rings is 1. The average molecular weight is 346 g/mol. The molecule has 4 aromatic rings. The lowest BCUT2D eigenvalue weighted by molar-refractivity contribution is 0.0735. The van der Waals surface area contributed by atoms with Gasteiger partial charge in [0.1, 0.15) is 0 Å². The van der Waals surface area contributed by atoms with Gasteiger partial charge in [0.25, 0.3) is 5.91 Å². The maximum atomic E-state index is 13.2. The molecule has 0 spiro atoms. The van der Waals surface area contributed by atoms with Gasteiger partial charge >= 0.3 is 0 Å². The van der Waals surface area contributed by atoms with E-state index in [0.717, 1.165) is 46.9 Å². The van der Waals surface area contributed by atoms with Crippen LogP contribution in [0.25, 0.3) is 21.9 Å². The molecule has 0 saturated carbocycles. The second kappa shape index (κ2) is 5.66. The number of aryl methyl sites for hydroxylation is 1. The number of nitrogens with one attached hydrogen (secondary N) is 2. The quantitative estimate of drug-likeness (QED) is 0.583. The van der Waals surface area contributed by atoms with Crippen LogP contribution in [0.4, 0.5) is 0 Å². The first-order valence-corrected chi connectivity index (χ1v) is 8.75. The van der Waals surface area contributed by atoms with Gasteiger partial charge < -0.3 is 4.90 Å². The summed E-state index contributed by atoms with van der Waals surface area (Å²) in [5, 5.41) is 16.1. The van der Waals surface area contributed by atoms with Crippen molar-refractivity contribution in [3.8, 4) is 0 Å². The van der Waals surface area contributed by atoms with Crippen molar-refractivity contribution in [1.82, 2.24) is 30.3 Å². The summed E-state index contributed by atoms with van der Waals surface area (Å²) < 4.78 is 0. The van der Waals surface area contributed by atoms with Crippen molar-refractivity contribution in [2.24, 2.45) is 0 Å². The Hall–Kier alpha value is -3.22. The van der Waals surface area contributed by atoms with E-state index in [1.165, 1.54) is 0 Å². The lowest BCUT2D eigenvalue weighted by Crippen LogP contribution is -2.30. The minimum absolute atomic E-state index is 0.0206. The molecule has 26 heavy (non-hydrogen) atoms. The van der Waals surface area contributed by atoms with Gasteiger partial charge in [-0.05, 0) is 37.5 Å². The third-order valence-electron chi connectivity index (χ3n) is 5.22. The molecule has 0 radical (unpaired) electrons. The molecule has 0 bridgehead atoms. The van der Waals surface area contributed by atoms with Crippen LogP contribution in [0.2, 0.25) is 0 Å². The zero-order valence-electron chi connectivity index (χ0n) is 14.4. The molecule has 0 aliphatic carbocycles. The number of amides is 1. The van der Waals surface area contributed by atoms with Crippen LogP contribution in [0.15, 0.2) is 36.7 Å². The first kappa shape index (κ1) is 15.1. The van der Waals surface area contributed by atoms with E-state index in [9.17, 15) is 4.79 Å². The highest BCUT2D eigenvalue weighted by Crippen LogP contribution is 2.34. The van der Waals surface area contributed by atoms with E-state index in [0.29, 0.717) is 11.2 Å². The zero-order chi connectivity index (χ0) is 17.7. The molecule has 1 fully saturated rings. The Bertz CT molecular complexity index is 1130. The van der Waals surface area contributed by atoms with Gasteiger partial charge in [-0.1, -0.05) is 12.1 Å². The van der Waals surface area contributed by atoms with Gasteiger partial charge in [0.15, 0.2) is 5.65 Å². The normalized spacial score (nSPS) is 17.4. The number of benzene rings is 1. The summed E-state index contributed by atoms with van der Waals surface area (Å²) in [5.74, 6) is 0.0206. The van der Waals surface area contributed by atoms with E-state index in [1.54, 1.807) is 6.20 Å². The van der Waals surface area contributed by atoms with Gasteiger partial charge in [0.2, 0.25) is 0 Å². The van der Waals surface area contributed by atoms with Gasteiger partial charge in [0.05, 0.1) is 29.0 Å². The highest BCUT2D eigenvalue weighted by molar-refractivity contribution is 5.97. The Morgan fingerprint density at radius 3 is 3.08 bits per heavy atom. The molecule has 1 atom stereocenters. The van der Waals surface area contributed by atoms with E-state index in [4.69, 9.17) is 0 Å². The van der Waals surface area contributed by atoms with Crippen molar-refractivity contribution in [2.75, 3.05) is 6.54 Å². The lowest BCUT2D eigenvalue weighted by atomic mass is 10.0. The van der Waals surface area contributed by atoms with Gasteiger partial charge in [0, 0.05) is 23.5 Å². The number of rotatable bonds is 2. The van der Waals surface area contributed by atoms with Crippen molar-refractivity contribution in [3.05, 3.63) is 53.5 Å². The molecule has 7 nitrogen and oxygen atoms in total. The van der Waals surface area contributed by atoms with Gasteiger partial charge in [-0.15, -0.1) is 0 Å². The number of aromatic nitrogens is 5. The van der Waals surface area contributed by atoms with Gasteiger partial charge in [-0.3, -0.25) is 15.0 Å². The molecule has 3 aromatic heterocycles. The number of likely N-dealkylation sites (tertiary alicyclic amines) is 1. The topological polar surface area (TPSA) is 90.6 Å². The summed E-state index contributed by atoms with van der Waals surface area (Å²) in [6.07, 6.45) is 5.41. The summed E-state index contributed by atoms with van der Waals surface area (Å²) in [7, 11) is 0. The van der Waals surface area contributed by atoms with Crippen LogP contribution in [0, 0.1) is 6.92 Å². The fraction of sp³-hybridized carbons (Fsp3) is 0.263. The maximum Gasteiger partial charge on any atom is 0.255 e. The fourth-order valence-electron chi connectivity index (χ4n) is 3.83. The van der Waals surface area contributed by atoms with Crippen molar-refractivity contribution in [1.29, 1.82) is 0 Å². The number of nitrogens with zero attached hydrogens (tertiary/aromatic N) is 4. The second-order valence-corrected chi connectivity index (χ2v) is 6.80. The van der Waals surface area contributed by atoms with Gasteiger partial charge in [-0.2, -0.15) is 10.2 Å². The SMILES string of the molecule is Cc1n[nH]c2ncc(C(=O)N3CCC[C@@H]3c3ccc4cn[nH]c4c3)cc12. The molecule has 7 heteroatoms. The number of carbonyl (C=O) groups excluding carboxylic acids is 1. The van der Waals surface area contributed by atoms with Crippen LogP contribution in [0.1, 0.15) is 40.5 Å². The Morgan fingerprint density at radius 1 is 1.23 bits per heavy atom. The van der Waals surface area contributed by atoms with E-state index < -0.39 is 0 Å². The maximum absolute atomic E-state index is 13.2. The standard InChI is InChI=1S/C19H18N6O/c1-11-15-7-14(9-20-18(15)24-22-11)19(26)25-6-2-3-17(25)12-4-5-13-10-21-23-16(13)8-12/h4-5,7-10,17H,2-3,6H2,1H3,(H,21,23)(H,20,22,24)/t17-/m1/s1. The predicted molar refractivity (Wildman–Crippen MR) is 97.7 cm³/mol. The zero-order valence-corrected chi connectivity index (χ0v) is 14.4. The van der Waals surface area contributed by atoms with Crippen molar-refractivity contribution in [3.63, 3.8) is 0 Å². The summed E-state index contributed by atoms with van der Waals surface area (Å²) in [6.45, 7) is 2.67. The second-order valence-electron chi connectivity index (χ2n) is 6.80. The van der Waals surface area contributed by atoms with Crippen LogP contribution in [0.5, 0.6) is 0 Å². The molecular weight excluding hydrogens is 328 g/mol. The smallest absolute Gasteiger partial charge is 0.255 e. The first-order chi connectivity index (χ1) is 12.7. The average Bonchev–Trinajstić information content (AvgIpc) is 3.40. The van der Waals surface area contributed by atoms with Crippen LogP contribution in [-0.4, -0.2) is 42.7 Å². The molecule has 1 saturated heterocycles. The molecule has 1 aliphatic rings. The van der Waals surface area contributed by atoms with Crippen LogP contribution >= 0.6 is 0 Å². The minimum atomic E-state index is 0.0206. The fourth-order valence-corrected chi connectivity index (χ4v) is 3.83. The Morgan fingerprint density at radius 2 is 2.15 bits per heavy atom. The molecule has 130 valence electrons. The Balaban J connectivity index is 1.50. The summed E-state index contributed by atoms with van der Waals surface area (Å²) in [5.41, 5.74) is 4.31. The third-order valence-corrected chi connectivity index (χ3v) is 5.22. The van der Waals surface area contributed by atoms with Gasteiger partial charge in [-0.25, -0.2) is 4.98 Å². The first-order valence-electron chi connectivity index (χ1n) is 8.75. The minimum Gasteiger partial charge on any atom is -0.332 e. The molecule has 2 N–H and O–H groups in total. The molecule has 1 aromatic carbocycles. The van der Waals surface area contributed by atoms with Crippen molar-refractivity contribution in [2.45, 2.75) is 25.8 Å². The number of carbonyl (C=O) groups is 1. The Labute approximate surface area is 149 Å². The molecule has 0 unspecified atom stereocenters. The Kier molecular flexibility index (Phi) is 3.28. The number of aromatic amines is 2. The molecule has 1 amide bonds. The van der Waals surface area contributed by atoms with Crippen molar-refractivity contribution < 1.29 is 4.79 Å². The number of fused-ring (bicyclic) bond motifs is 2. The lowest BCUT2D eigenvalue weighted by Gasteiger charge is -2.25. The summed E-state index contributed by atoms with van der Waals surface area (Å²) in [6, 6.07) is 8.21. The largest absolute Gasteiger partial charge is 0.332 e. The summed E-state index contributed by atoms with van der Waals surface area (Å²) >= 11 is 0. The van der Waals surface area contributed by atoms with Crippen LogP contribution in [0.3, 0.4) is 0 Å². The monoisotopic (exact) mass is 346 g/mol. The number of hydrogen-bond donors (Lipinski definition) is 2. The van der Waals surface area contributed by atoms with E-state index in [-0.39, 0.29) is 11.9 Å². The highest BCUT2D eigenvalue weighted by Gasteiger charge is 2.31. The van der Waals surface area contributed by atoms with E-state index in [2.05, 4.69) is 43.6 Å². The predicted octanol–water partition coefficient (Wildman–Crippen LogP) is 3.12. The third kappa shape index (κ3) is 2.28. The molecule has 5 rings (SSSR count). The molecule has 4 heterocycles. The van der Waals surface area contributed by atoms with Crippen LogP contribution in [-0.2, 0) is 0 Å². The summed E-state index contributed by atoms with van der Waals surface area (Å²) in [4.78, 5) is 19.5. The molecular formula is C19H18N6O. The number of hydrogen-bond acceptors (Lipinski definition) is 4. The van der Waals surface area contributed by atoms with Crippen LogP contribution < -0.4 is 0 Å². The van der Waals surface area contributed by atoms with E-state index in [1.807, 2.05) is 24.1 Å². The highest BCUT2D eigenvalue weighted by atomic mass is 16.2. The number of H-pyrrole nitrogens is 2. The van der Waals surface area contributed by atoms with Crippen molar-refractivity contribution >= 4 is 27.8 Å².